The fourth-order valence-corrected chi connectivity index (χ4v) is 1.58. The molecular weight excluding hydrogens is 196 g/mol. The Hall–Kier alpha value is -1.26. The van der Waals surface area contributed by atoms with Crippen molar-refractivity contribution in [1.82, 2.24) is 10.2 Å². The lowest BCUT2D eigenvalue weighted by Crippen LogP contribution is -2.51. The molecule has 0 aromatic heterocycles. The van der Waals surface area contributed by atoms with Crippen molar-refractivity contribution in [3.8, 4) is 0 Å². The molecule has 2 amide bonds. The standard InChI is InChI=1S/C10H18N2O3/c1-3-10(2,8(13)14)7-12-6-4-5-11-9(12)15/h3-7H2,1-2H3,(H,11,15)(H,13,14). The maximum atomic E-state index is 11.4. The number of nitrogens with one attached hydrogen (secondary N) is 1. The van der Waals surface area contributed by atoms with Gasteiger partial charge in [-0.3, -0.25) is 4.79 Å². The third-order valence-electron chi connectivity index (χ3n) is 3.00. The van der Waals surface area contributed by atoms with Gasteiger partial charge in [-0.2, -0.15) is 0 Å². The van der Waals surface area contributed by atoms with Crippen LogP contribution in [0.5, 0.6) is 0 Å². The Morgan fingerprint density at radius 2 is 2.33 bits per heavy atom. The summed E-state index contributed by atoms with van der Waals surface area (Å²) in [5, 5.41) is 11.8. The fourth-order valence-electron chi connectivity index (χ4n) is 1.58. The minimum Gasteiger partial charge on any atom is -0.481 e. The van der Waals surface area contributed by atoms with Crippen LogP contribution in [0.15, 0.2) is 0 Å². The second kappa shape index (κ2) is 4.51. The largest absolute Gasteiger partial charge is 0.481 e. The van der Waals surface area contributed by atoms with E-state index >= 15 is 0 Å². The zero-order chi connectivity index (χ0) is 11.5. The van der Waals surface area contributed by atoms with Gasteiger partial charge in [0.15, 0.2) is 0 Å². The average molecular weight is 214 g/mol. The van der Waals surface area contributed by atoms with Gasteiger partial charge in [0.05, 0.1) is 5.41 Å². The highest BCUT2D eigenvalue weighted by atomic mass is 16.4. The normalized spacial score (nSPS) is 20.7. The van der Waals surface area contributed by atoms with Gasteiger partial charge in [-0.25, -0.2) is 4.79 Å². The van der Waals surface area contributed by atoms with Crippen LogP contribution in [-0.4, -0.2) is 41.6 Å². The zero-order valence-corrected chi connectivity index (χ0v) is 9.25. The highest BCUT2D eigenvalue weighted by molar-refractivity contribution is 5.78. The van der Waals surface area contributed by atoms with E-state index in [4.69, 9.17) is 5.11 Å². The molecule has 0 bridgehead atoms. The zero-order valence-electron chi connectivity index (χ0n) is 9.25. The summed E-state index contributed by atoms with van der Waals surface area (Å²) in [4.78, 5) is 24.1. The molecule has 0 spiro atoms. The lowest BCUT2D eigenvalue weighted by atomic mass is 9.87. The van der Waals surface area contributed by atoms with Crippen molar-refractivity contribution in [3.05, 3.63) is 0 Å². The van der Waals surface area contributed by atoms with E-state index in [1.807, 2.05) is 6.92 Å². The summed E-state index contributed by atoms with van der Waals surface area (Å²) in [5.74, 6) is -0.844. The van der Waals surface area contributed by atoms with Gasteiger partial charge in [-0.15, -0.1) is 0 Å². The van der Waals surface area contributed by atoms with E-state index in [0.29, 0.717) is 19.5 Å². The number of nitrogens with zero attached hydrogens (tertiary/aromatic N) is 1. The molecule has 0 aliphatic carbocycles. The monoisotopic (exact) mass is 214 g/mol. The van der Waals surface area contributed by atoms with Gasteiger partial charge < -0.3 is 15.3 Å². The van der Waals surface area contributed by atoms with Crippen LogP contribution >= 0.6 is 0 Å². The summed E-state index contributed by atoms with van der Waals surface area (Å²) in [6, 6.07) is -0.151. The fraction of sp³-hybridized carbons (Fsp3) is 0.800. The molecule has 1 heterocycles. The molecule has 0 aromatic rings. The molecule has 86 valence electrons. The van der Waals surface area contributed by atoms with Crippen LogP contribution in [0.25, 0.3) is 0 Å². The van der Waals surface area contributed by atoms with Gasteiger partial charge in [0.25, 0.3) is 0 Å². The summed E-state index contributed by atoms with van der Waals surface area (Å²) in [7, 11) is 0. The van der Waals surface area contributed by atoms with Crippen molar-refractivity contribution in [2.24, 2.45) is 5.41 Å². The third kappa shape index (κ3) is 2.61. The first-order valence-corrected chi connectivity index (χ1v) is 5.26. The number of aliphatic carboxylic acids is 1. The quantitative estimate of drug-likeness (QED) is 0.730. The summed E-state index contributed by atoms with van der Waals surface area (Å²) in [6.07, 6.45) is 1.40. The summed E-state index contributed by atoms with van der Waals surface area (Å²) in [5.41, 5.74) is -0.839. The number of amides is 2. The maximum Gasteiger partial charge on any atom is 0.317 e. The van der Waals surface area contributed by atoms with Gasteiger partial charge in [-0.1, -0.05) is 6.92 Å². The predicted molar refractivity (Wildman–Crippen MR) is 55.6 cm³/mol. The summed E-state index contributed by atoms with van der Waals surface area (Å²) >= 11 is 0. The average Bonchev–Trinajstić information content (AvgIpc) is 2.21. The molecule has 1 aliphatic rings. The van der Waals surface area contributed by atoms with E-state index in [1.54, 1.807) is 11.8 Å². The Morgan fingerprint density at radius 1 is 1.67 bits per heavy atom. The van der Waals surface area contributed by atoms with E-state index in [0.717, 1.165) is 6.42 Å². The molecule has 1 saturated heterocycles. The van der Waals surface area contributed by atoms with Crippen LogP contribution in [-0.2, 0) is 4.79 Å². The second-order valence-electron chi connectivity index (χ2n) is 4.23. The van der Waals surface area contributed by atoms with E-state index in [9.17, 15) is 9.59 Å². The Balaban J connectivity index is 2.65. The van der Waals surface area contributed by atoms with E-state index < -0.39 is 11.4 Å². The van der Waals surface area contributed by atoms with Crippen molar-refractivity contribution in [1.29, 1.82) is 0 Å². The predicted octanol–water partition coefficient (Wildman–Crippen LogP) is 0.903. The molecule has 5 heteroatoms. The molecule has 1 atom stereocenters. The second-order valence-corrected chi connectivity index (χ2v) is 4.23. The van der Waals surface area contributed by atoms with Gasteiger partial charge in [0, 0.05) is 19.6 Å². The number of carbonyl (C=O) groups is 2. The molecule has 2 N–H and O–H groups in total. The molecule has 1 fully saturated rings. The van der Waals surface area contributed by atoms with E-state index in [2.05, 4.69) is 5.32 Å². The molecule has 0 saturated carbocycles. The first-order chi connectivity index (χ1) is 6.99. The minimum absolute atomic E-state index is 0.151. The van der Waals surface area contributed by atoms with Gasteiger partial charge >= 0.3 is 12.0 Å². The molecule has 5 nitrogen and oxygen atoms in total. The lowest BCUT2D eigenvalue weighted by Gasteiger charge is -2.34. The van der Waals surface area contributed by atoms with E-state index in [1.165, 1.54) is 0 Å². The van der Waals surface area contributed by atoms with Crippen LogP contribution in [0.2, 0.25) is 0 Å². The van der Waals surface area contributed by atoms with Crippen molar-refractivity contribution < 1.29 is 14.7 Å². The number of carboxylic acid groups (broad SMARTS) is 1. The Bertz CT molecular complexity index is 267. The van der Waals surface area contributed by atoms with Crippen molar-refractivity contribution >= 4 is 12.0 Å². The number of rotatable bonds is 4. The number of hydrogen-bond donors (Lipinski definition) is 2. The van der Waals surface area contributed by atoms with Gasteiger partial charge in [-0.05, 0) is 19.8 Å². The number of carboxylic acids is 1. The van der Waals surface area contributed by atoms with Crippen LogP contribution in [0.4, 0.5) is 4.79 Å². The third-order valence-corrected chi connectivity index (χ3v) is 3.00. The van der Waals surface area contributed by atoms with Crippen molar-refractivity contribution in [2.45, 2.75) is 26.7 Å². The Labute approximate surface area is 89.4 Å². The van der Waals surface area contributed by atoms with E-state index in [-0.39, 0.29) is 12.6 Å². The summed E-state index contributed by atoms with van der Waals surface area (Å²) < 4.78 is 0. The molecule has 0 radical (unpaired) electrons. The smallest absolute Gasteiger partial charge is 0.317 e. The molecule has 1 aliphatic heterocycles. The van der Waals surface area contributed by atoms with Crippen molar-refractivity contribution in [2.75, 3.05) is 19.6 Å². The Kier molecular flexibility index (Phi) is 3.55. The first-order valence-electron chi connectivity index (χ1n) is 5.26. The number of hydrogen-bond acceptors (Lipinski definition) is 2. The Morgan fingerprint density at radius 3 is 2.80 bits per heavy atom. The number of urea groups is 1. The van der Waals surface area contributed by atoms with Crippen LogP contribution in [0, 0.1) is 5.41 Å². The van der Waals surface area contributed by atoms with Crippen LogP contribution in [0.1, 0.15) is 26.7 Å². The molecule has 1 unspecified atom stereocenters. The lowest BCUT2D eigenvalue weighted by molar-refractivity contribution is -0.148. The molecule has 1 rings (SSSR count). The van der Waals surface area contributed by atoms with Crippen LogP contribution < -0.4 is 5.32 Å². The highest BCUT2D eigenvalue weighted by Crippen LogP contribution is 2.23. The van der Waals surface area contributed by atoms with Crippen molar-refractivity contribution in [3.63, 3.8) is 0 Å². The number of carbonyl (C=O) groups excluding carboxylic acids is 1. The molecule has 0 aromatic carbocycles. The topological polar surface area (TPSA) is 69.6 Å². The van der Waals surface area contributed by atoms with Crippen LogP contribution in [0.3, 0.4) is 0 Å². The SMILES string of the molecule is CCC(C)(CN1CCCNC1=O)C(=O)O. The van der Waals surface area contributed by atoms with Gasteiger partial charge in [0.1, 0.15) is 0 Å². The maximum absolute atomic E-state index is 11.4. The molecule has 15 heavy (non-hydrogen) atoms. The summed E-state index contributed by atoms with van der Waals surface area (Å²) in [6.45, 7) is 5.12. The molecular formula is C10H18N2O3. The van der Waals surface area contributed by atoms with Gasteiger partial charge in [0.2, 0.25) is 0 Å². The minimum atomic E-state index is -0.844. The first kappa shape index (κ1) is 11.8. The highest BCUT2D eigenvalue weighted by Gasteiger charge is 2.35.